The Bertz CT molecular complexity index is 615. The van der Waals surface area contributed by atoms with Crippen molar-refractivity contribution in [3.05, 3.63) is 0 Å². The van der Waals surface area contributed by atoms with Gasteiger partial charge in [0.25, 0.3) is 0 Å². The van der Waals surface area contributed by atoms with Crippen LogP contribution in [-0.2, 0) is 9.59 Å². The van der Waals surface area contributed by atoms with E-state index < -0.39 is 6.61 Å². The van der Waals surface area contributed by atoms with Crippen molar-refractivity contribution in [1.29, 1.82) is 0 Å². The molecule has 4 aliphatic carbocycles. The van der Waals surface area contributed by atoms with E-state index in [2.05, 4.69) is 20.8 Å². The van der Waals surface area contributed by atoms with Gasteiger partial charge in [-0.3, -0.25) is 9.59 Å². The van der Waals surface area contributed by atoms with Crippen molar-refractivity contribution < 1.29 is 19.8 Å². The van der Waals surface area contributed by atoms with Crippen LogP contribution in [0.4, 0.5) is 0 Å². The molecular formula is C22H34O4. The van der Waals surface area contributed by atoms with Crippen molar-refractivity contribution in [3.63, 3.8) is 0 Å². The van der Waals surface area contributed by atoms with E-state index in [-0.39, 0.29) is 34.6 Å². The van der Waals surface area contributed by atoms with Crippen LogP contribution >= 0.6 is 0 Å². The van der Waals surface area contributed by atoms with Crippen molar-refractivity contribution in [3.8, 4) is 0 Å². The van der Waals surface area contributed by atoms with Gasteiger partial charge in [0.1, 0.15) is 12.4 Å². The largest absolute Gasteiger partial charge is 0.393 e. The van der Waals surface area contributed by atoms with Crippen molar-refractivity contribution in [2.45, 2.75) is 71.8 Å². The number of carbonyl (C=O) groups is 2. The number of hydrogen-bond donors (Lipinski definition) is 2. The molecular weight excluding hydrogens is 328 g/mol. The standard InChI is InChI=1S/C22H34O4/c1-12-8-14-15-4-5-16(19(26)11-23)22(15,3)10-18(25)20(14)21(2)7-6-13(24)9-17(12)21/h12-17,20,23-24H,4-11H2,1-3H3/t12-,13+,14-,15-,16+,17-,20+,21-,22-/m0/s1. The first-order chi connectivity index (χ1) is 12.2. The Hall–Kier alpha value is -0.740. The summed E-state index contributed by atoms with van der Waals surface area (Å²) < 4.78 is 0. The van der Waals surface area contributed by atoms with E-state index in [1.54, 1.807) is 0 Å². The fourth-order valence-electron chi connectivity index (χ4n) is 8.18. The molecule has 0 bridgehead atoms. The van der Waals surface area contributed by atoms with Gasteiger partial charge >= 0.3 is 0 Å². The SMILES string of the molecule is C[C@H]1C[C@H]2[C@@H]3CC[C@H](C(=O)CO)[C@@]3(C)CC(=O)[C@@H]2[C@@]2(C)CC[C@@H](O)C[C@@H]12. The highest BCUT2D eigenvalue weighted by molar-refractivity contribution is 5.88. The van der Waals surface area contributed by atoms with E-state index >= 15 is 0 Å². The molecule has 2 N–H and O–H groups in total. The van der Waals surface area contributed by atoms with Crippen molar-refractivity contribution in [2.75, 3.05) is 6.61 Å². The smallest absolute Gasteiger partial charge is 0.161 e. The summed E-state index contributed by atoms with van der Waals surface area (Å²) >= 11 is 0. The van der Waals surface area contributed by atoms with Crippen LogP contribution in [0.5, 0.6) is 0 Å². The first-order valence-corrected chi connectivity index (χ1v) is 10.6. The van der Waals surface area contributed by atoms with E-state index in [0.717, 1.165) is 38.5 Å². The first-order valence-electron chi connectivity index (χ1n) is 10.6. The van der Waals surface area contributed by atoms with Gasteiger partial charge < -0.3 is 10.2 Å². The number of aliphatic hydroxyl groups excluding tert-OH is 2. The second kappa shape index (κ2) is 6.13. The summed E-state index contributed by atoms with van der Waals surface area (Å²) in [5.41, 5.74) is -0.270. The van der Waals surface area contributed by atoms with Crippen molar-refractivity contribution >= 4 is 11.6 Å². The lowest BCUT2D eigenvalue weighted by Crippen LogP contribution is -2.60. The average molecular weight is 363 g/mol. The van der Waals surface area contributed by atoms with Crippen LogP contribution in [0.3, 0.4) is 0 Å². The van der Waals surface area contributed by atoms with Gasteiger partial charge in [-0.25, -0.2) is 0 Å². The molecule has 0 heterocycles. The predicted molar refractivity (Wildman–Crippen MR) is 98.3 cm³/mol. The Morgan fingerprint density at radius 3 is 2.54 bits per heavy atom. The van der Waals surface area contributed by atoms with Crippen LogP contribution < -0.4 is 0 Å². The molecule has 0 amide bonds. The van der Waals surface area contributed by atoms with Gasteiger partial charge in [-0.15, -0.1) is 0 Å². The highest BCUT2D eigenvalue weighted by Crippen LogP contribution is 2.67. The molecule has 0 saturated heterocycles. The lowest BCUT2D eigenvalue weighted by molar-refractivity contribution is -0.169. The maximum absolute atomic E-state index is 13.4. The second-order valence-electron chi connectivity index (χ2n) is 10.4. The van der Waals surface area contributed by atoms with Gasteiger partial charge in [-0.1, -0.05) is 20.8 Å². The zero-order valence-electron chi connectivity index (χ0n) is 16.4. The minimum absolute atomic E-state index is 0.000942. The molecule has 0 spiro atoms. The number of fused-ring (bicyclic) bond motifs is 5. The zero-order valence-corrected chi connectivity index (χ0v) is 16.4. The molecule has 146 valence electrons. The Balaban J connectivity index is 1.70. The van der Waals surface area contributed by atoms with Gasteiger partial charge in [0.2, 0.25) is 0 Å². The normalized spacial score (nSPS) is 53.6. The Morgan fingerprint density at radius 1 is 1.12 bits per heavy atom. The van der Waals surface area contributed by atoms with Gasteiger partial charge in [0.05, 0.1) is 6.10 Å². The highest BCUT2D eigenvalue weighted by Gasteiger charge is 2.65. The minimum atomic E-state index is -0.399. The fraction of sp³-hybridized carbons (Fsp3) is 0.909. The highest BCUT2D eigenvalue weighted by atomic mass is 16.3. The summed E-state index contributed by atoms with van der Waals surface area (Å²) in [5.74, 6) is 1.93. The number of carbonyl (C=O) groups excluding carboxylic acids is 2. The van der Waals surface area contributed by atoms with Gasteiger partial charge in [0, 0.05) is 18.3 Å². The summed E-state index contributed by atoms with van der Waals surface area (Å²) in [5, 5.41) is 19.6. The summed E-state index contributed by atoms with van der Waals surface area (Å²) in [6.45, 7) is 6.35. The Labute approximate surface area is 156 Å². The van der Waals surface area contributed by atoms with Crippen LogP contribution in [0.1, 0.15) is 65.7 Å². The maximum Gasteiger partial charge on any atom is 0.161 e. The molecule has 0 aromatic heterocycles. The molecule has 4 aliphatic rings. The van der Waals surface area contributed by atoms with E-state index in [1.165, 1.54) is 0 Å². The number of Topliss-reactive ketones (excluding diaryl/α,β-unsaturated/α-hetero) is 2. The van der Waals surface area contributed by atoms with E-state index in [9.17, 15) is 19.8 Å². The minimum Gasteiger partial charge on any atom is -0.393 e. The van der Waals surface area contributed by atoms with E-state index in [1.807, 2.05) is 0 Å². The number of ketones is 2. The van der Waals surface area contributed by atoms with Gasteiger partial charge in [-0.05, 0) is 73.0 Å². The molecule has 4 heteroatoms. The van der Waals surface area contributed by atoms with Gasteiger partial charge in [-0.2, -0.15) is 0 Å². The van der Waals surface area contributed by atoms with Crippen LogP contribution in [-0.4, -0.2) is 34.5 Å². The molecule has 0 radical (unpaired) electrons. The first kappa shape index (κ1) is 18.6. The summed E-state index contributed by atoms with van der Waals surface area (Å²) in [4.78, 5) is 25.8. The predicted octanol–water partition coefficient (Wildman–Crippen LogP) is 2.99. The molecule has 4 fully saturated rings. The number of rotatable bonds is 2. The summed E-state index contributed by atoms with van der Waals surface area (Å²) in [6.07, 6.45) is 5.75. The quantitative estimate of drug-likeness (QED) is 0.792. The van der Waals surface area contributed by atoms with Gasteiger partial charge in [0.15, 0.2) is 5.78 Å². The molecule has 26 heavy (non-hydrogen) atoms. The van der Waals surface area contributed by atoms with E-state index in [4.69, 9.17) is 0 Å². The van der Waals surface area contributed by atoms with Crippen LogP contribution in [0.15, 0.2) is 0 Å². The third-order valence-electron chi connectivity index (χ3n) is 9.23. The molecule has 0 unspecified atom stereocenters. The lowest BCUT2D eigenvalue weighted by atomic mass is 9.42. The lowest BCUT2D eigenvalue weighted by Gasteiger charge is -2.61. The summed E-state index contributed by atoms with van der Waals surface area (Å²) in [6, 6.07) is 0. The van der Waals surface area contributed by atoms with Crippen LogP contribution in [0.2, 0.25) is 0 Å². The third-order valence-corrected chi connectivity index (χ3v) is 9.23. The monoisotopic (exact) mass is 362 g/mol. The Kier molecular flexibility index (Phi) is 4.39. The summed E-state index contributed by atoms with van der Waals surface area (Å²) in [7, 11) is 0. The Morgan fingerprint density at radius 2 is 1.85 bits per heavy atom. The molecule has 4 saturated carbocycles. The fourth-order valence-corrected chi connectivity index (χ4v) is 8.18. The molecule has 0 aromatic carbocycles. The molecule has 0 aliphatic heterocycles. The molecule has 0 aromatic rings. The van der Waals surface area contributed by atoms with Crippen LogP contribution in [0.25, 0.3) is 0 Å². The zero-order chi connectivity index (χ0) is 18.9. The third kappa shape index (κ3) is 2.40. The molecule has 4 rings (SSSR count). The van der Waals surface area contributed by atoms with Crippen LogP contribution in [0, 0.1) is 46.3 Å². The maximum atomic E-state index is 13.4. The second-order valence-corrected chi connectivity index (χ2v) is 10.4. The van der Waals surface area contributed by atoms with Crippen molar-refractivity contribution in [1.82, 2.24) is 0 Å². The molecule has 9 atom stereocenters. The van der Waals surface area contributed by atoms with E-state index in [0.29, 0.717) is 35.9 Å². The average Bonchev–Trinajstić information content (AvgIpc) is 2.92. The number of hydrogen-bond acceptors (Lipinski definition) is 4. The topological polar surface area (TPSA) is 74.6 Å². The molecule has 4 nitrogen and oxygen atoms in total. The number of aliphatic hydroxyl groups is 2. The van der Waals surface area contributed by atoms with Crippen molar-refractivity contribution in [2.24, 2.45) is 46.3 Å².